The molecule has 0 radical (unpaired) electrons. The van der Waals surface area contributed by atoms with Gasteiger partial charge in [0.2, 0.25) is 0 Å². The van der Waals surface area contributed by atoms with Crippen molar-refractivity contribution < 1.29 is 9.59 Å². The predicted molar refractivity (Wildman–Crippen MR) is 139 cm³/mol. The third-order valence-corrected chi connectivity index (χ3v) is 6.67. The van der Waals surface area contributed by atoms with E-state index < -0.39 is 5.92 Å². The molecule has 0 spiro atoms. The van der Waals surface area contributed by atoms with Crippen LogP contribution in [0.3, 0.4) is 0 Å². The van der Waals surface area contributed by atoms with Gasteiger partial charge in [0.1, 0.15) is 5.92 Å². The minimum absolute atomic E-state index is 0.0891. The van der Waals surface area contributed by atoms with Gasteiger partial charge in [-0.2, -0.15) is 0 Å². The van der Waals surface area contributed by atoms with Crippen LogP contribution in [0.5, 0.6) is 0 Å². The second-order valence-electron chi connectivity index (χ2n) is 8.63. The average Bonchev–Trinajstić information content (AvgIpc) is 2.88. The van der Waals surface area contributed by atoms with E-state index in [-0.39, 0.29) is 27.6 Å². The first kappa shape index (κ1) is 20.9. The van der Waals surface area contributed by atoms with E-state index >= 15 is 0 Å². The van der Waals surface area contributed by atoms with Gasteiger partial charge in [-0.3, -0.25) is 19.2 Å². The van der Waals surface area contributed by atoms with Crippen molar-refractivity contribution in [3.8, 4) is 0 Å². The monoisotopic (exact) mass is 454 g/mol. The lowest BCUT2D eigenvalue weighted by molar-refractivity contribution is 0.0836. The molecule has 35 heavy (non-hydrogen) atoms. The summed E-state index contributed by atoms with van der Waals surface area (Å²) in [5, 5.41) is 4.24. The molecule has 1 aliphatic rings. The molecule has 0 bridgehead atoms. The van der Waals surface area contributed by atoms with Crippen LogP contribution in [0.2, 0.25) is 0 Å². The Morgan fingerprint density at radius 1 is 0.543 bits per heavy atom. The van der Waals surface area contributed by atoms with Gasteiger partial charge in [0.15, 0.2) is 22.4 Å². The lowest BCUT2D eigenvalue weighted by Crippen LogP contribution is -2.38. The Balaban J connectivity index is 1.36. The highest BCUT2D eigenvalue weighted by atomic mass is 16.2. The van der Waals surface area contributed by atoms with Crippen molar-refractivity contribution in [1.82, 2.24) is 0 Å². The molecule has 5 aromatic rings. The Labute approximate surface area is 199 Å². The van der Waals surface area contributed by atoms with Gasteiger partial charge in [-0.25, -0.2) is 0 Å². The first-order chi connectivity index (χ1) is 17.1. The number of hydrogen-bond donors (Lipinski definition) is 0. The largest absolute Gasteiger partial charge is 0.293 e. The molecule has 0 aliphatic heterocycles. The molecule has 4 nitrogen and oxygen atoms in total. The van der Waals surface area contributed by atoms with Crippen molar-refractivity contribution in [2.75, 3.05) is 0 Å². The average molecular weight is 454 g/mol. The van der Waals surface area contributed by atoms with Crippen LogP contribution in [0.1, 0.15) is 20.7 Å². The minimum Gasteiger partial charge on any atom is -0.293 e. The Kier molecular flexibility index (Phi) is 4.75. The summed E-state index contributed by atoms with van der Waals surface area (Å²) in [7, 11) is 0. The highest BCUT2D eigenvalue weighted by Crippen LogP contribution is 2.32. The van der Waals surface area contributed by atoms with Crippen molar-refractivity contribution in [2.24, 2.45) is 5.92 Å². The summed E-state index contributed by atoms with van der Waals surface area (Å²) < 4.78 is 0. The summed E-state index contributed by atoms with van der Waals surface area (Å²) in [6.45, 7) is 0. The fraction of sp³-hybridized carbons (Fsp3) is 0.0323. The minimum atomic E-state index is -0.907. The third kappa shape index (κ3) is 3.15. The van der Waals surface area contributed by atoms with Crippen molar-refractivity contribution in [3.05, 3.63) is 134 Å². The number of benzene rings is 5. The van der Waals surface area contributed by atoms with Gasteiger partial charge in [-0.15, -0.1) is 0 Å². The molecule has 0 amide bonds. The number of rotatable bonds is 3. The molecule has 0 saturated heterocycles. The van der Waals surface area contributed by atoms with Gasteiger partial charge < -0.3 is 0 Å². The highest BCUT2D eigenvalue weighted by molar-refractivity contribution is 6.30. The van der Waals surface area contributed by atoms with Crippen LogP contribution in [-0.2, 0) is 0 Å². The smallest absolute Gasteiger partial charge is 0.197 e. The number of allylic oxidation sites excluding steroid dienone is 4. The molecule has 0 atom stereocenters. The van der Waals surface area contributed by atoms with Crippen LogP contribution < -0.4 is 16.1 Å². The lowest BCUT2D eigenvalue weighted by atomic mass is 9.80. The Hall–Kier alpha value is -4.70. The molecule has 5 aromatic carbocycles. The summed E-state index contributed by atoms with van der Waals surface area (Å²) in [5.41, 5.74) is 0.472. The summed E-state index contributed by atoms with van der Waals surface area (Å²) in [4.78, 5) is 52.0. The van der Waals surface area contributed by atoms with Gasteiger partial charge in [0.05, 0.1) is 5.22 Å². The van der Waals surface area contributed by atoms with Crippen molar-refractivity contribution >= 4 is 50.0 Å². The summed E-state index contributed by atoms with van der Waals surface area (Å²) >= 11 is 0. The maximum atomic E-state index is 13.0. The molecule has 0 unspecified atom stereocenters. The van der Waals surface area contributed by atoms with E-state index in [1.54, 1.807) is 48.6 Å². The molecule has 0 saturated carbocycles. The number of Topliss-reactive ketones (excluding diaryl/α,β-unsaturated/α-hetero) is 2. The summed E-state index contributed by atoms with van der Waals surface area (Å²) in [6.07, 6.45) is 7.87. The van der Waals surface area contributed by atoms with Crippen molar-refractivity contribution in [2.45, 2.75) is 0 Å². The second-order valence-corrected chi connectivity index (χ2v) is 8.63. The van der Waals surface area contributed by atoms with Gasteiger partial charge in [0, 0.05) is 32.7 Å². The molecule has 0 heterocycles. The molecule has 0 aromatic heterocycles. The Morgan fingerprint density at radius 2 is 1.06 bits per heavy atom. The molecule has 6 rings (SSSR count). The van der Waals surface area contributed by atoms with E-state index in [0.717, 1.165) is 10.8 Å². The zero-order chi connectivity index (χ0) is 24.1. The fourth-order valence-electron chi connectivity index (χ4n) is 5.04. The zero-order valence-electron chi connectivity index (χ0n) is 18.5. The first-order valence-corrected chi connectivity index (χ1v) is 11.3. The quantitative estimate of drug-likeness (QED) is 0.295. The van der Waals surface area contributed by atoms with E-state index in [4.69, 9.17) is 0 Å². The van der Waals surface area contributed by atoms with Crippen LogP contribution in [0.15, 0.2) is 107 Å². The Morgan fingerprint density at radius 3 is 1.63 bits per heavy atom. The van der Waals surface area contributed by atoms with E-state index in [1.165, 1.54) is 6.08 Å². The fourth-order valence-corrected chi connectivity index (χ4v) is 5.04. The number of ketones is 2. The summed E-state index contributed by atoms with van der Waals surface area (Å²) in [6, 6.07) is 21.8. The molecule has 0 N–H and O–H groups in total. The van der Waals surface area contributed by atoms with Crippen LogP contribution in [0.25, 0.3) is 38.4 Å². The van der Waals surface area contributed by atoms with Gasteiger partial charge in [-0.05, 0) is 16.8 Å². The number of hydrogen-bond acceptors (Lipinski definition) is 4. The molecule has 1 aliphatic carbocycles. The van der Waals surface area contributed by atoms with Gasteiger partial charge in [-0.1, -0.05) is 97.1 Å². The van der Waals surface area contributed by atoms with Crippen molar-refractivity contribution in [3.63, 3.8) is 0 Å². The van der Waals surface area contributed by atoms with Crippen LogP contribution in [-0.4, -0.2) is 11.6 Å². The first-order valence-electron chi connectivity index (χ1n) is 11.3. The standard InChI is InChI=1S/C31H18O4/c32-28-20-14-4-8-18-9-5-15-21(26(18)20)29(33)24(28)12-2-1-3-13-25-30(34)22-16-6-10-19-11-7-17-23(27(19)22)31(25)35/h1-17,24H. The van der Waals surface area contributed by atoms with Crippen molar-refractivity contribution in [1.29, 1.82) is 0 Å². The van der Waals surface area contributed by atoms with Gasteiger partial charge in [0.25, 0.3) is 0 Å². The maximum absolute atomic E-state index is 13.0. The molecular formula is C31H18O4. The zero-order valence-corrected chi connectivity index (χ0v) is 18.5. The van der Waals surface area contributed by atoms with Crippen LogP contribution in [0.4, 0.5) is 0 Å². The molecular weight excluding hydrogens is 436 g/mol. The van der Waals surface area contributed by atoms with E-state index in [0.29, 0.717) is 32.7 Å². The van der Waals surface area contributed by atoms with E-state index in [2.05, 4.69) is 0 Å². The molecule has 166 valence electrons. The lowest BCUT2D eigenvalue weighted by Gasteiger charge is -2.20. The SMILES string of the molecule is O=C1c2cccc3cccc(c23)C(=O)C1C=CC=CC=c1c(=O)c2cccc3cccc(c1=O)c32. The number of carbonyl (C=O) groups is 2. The topological polar surface area (TPSA) is 68.3 Å². The Bertz CT molecular complexity index is 1810. The predicted octanol–water partition coefficient (Wildman–Crippen LogP) is 4.61. The number of carbonyl (C=O) groups excluding carboxylic acids is 2. The van der Waals surface area contributed by atoms with E-state index in [1.807, 2.05) is 48.5 Å². The third-order valence-electron chi connectivity index (χ3n) is 6.67. The molecule has 4 heteroatoms. The maximum Gasteiger partial charge on any atom is 0.197 e. The highest BCUT2D eigenvalue weighted by Gasteiger charge is 2.33. The van der Waals surface area contributed by atoms with Gasteiger partial charge >= 0.3 is 0 Å². The molecule has 0 fully saturated rings. The normalized spacial score (nSPS) is 14.3. The van der Waals surface area contributed by atoms with Crippen LogP contribution in [0, 0.1) is 5.92 Å². The van der Waals surface area contributed by atoms with E-state index in [9.17, 15) is 19.2 Å². The van der Waals surface area contributed by atoms with Crippen LogP contribution >= 0.6 is 0 Å². The summed E-state index contributed by atoms with van der Waals surface area (Å²) in [5.74, 6) is -1.37. The second kappa shape index (κ2) is 7.96.